The van der Waals surface area contributed by atoms with E-state index in [-0.39, 0.29) is 22.4 Å². The minimum Gasteiger partial charge on any atom is -0.496 e. The minimum absolute atomic E-state index is 0.0187. The lowest BCUT2D eigenvalue weighted by Crippen LogP contribution is -2.25. The maximum Gasteiger partial charge on any atom is 0.266 e. The van der Waals surface area contributed by atoms with Crippen molar-refractivity contribution in [1.29, 1.82) is 0 Å². The van der Waals surface area contributed by atoms with E-state index in [1.165, 1.54) is 26.4 Å². The zero-order valence-electron chi connectivity index (χ0n) is 18.4. The average molecular weight is 475 g/mol. The molecule has 0 saturated heterocycles. The van der Waals surface area contributed by atoms with E-state index in [0.29, 0.717) is 36.4 Å². The van der Waals surface area contributed by atoms with E-state index < -0.39 is 10.0 Å². The van der Waals surface area contributed by atoms with Crippen molar-refractivity contribution in [3.63, 3.8) is 0 Å². The molecule has 2 aromatic carbocycles. The van der Waals surface area contributed by atoms with Gasteiger partial charge < -0.3 is 24.6 Å². The summed E-state index contributed by atoms with van der Waals surface area (Å²) in [6.07, 6.45) is 1.98. The fourth-order valence-electron chi connectivity index (χ4n) is 3.18. The summed E-state index contributed by atoms with van der Waals surface area (Å²) in [5, 5.41) is 10.3. The molecule has 1 aromatic heterocycles. The maximum atomic E-state index is 12.9. The first-order valence-corrected chi connectivity index (χ1v) is 11.6. The number of benzene rings is 2. The summed E-state index contributed by atoms with van der Waals surface area (Å²) in [6.45, 7) is 5.14. The van der Waals surface area contributed by atoms with E-state index in [0.717, 1.165) is 12.0 Å². The Morgan fingerprint density at radius 1 is 1.15 bits per heavy atom. The number of para-hydroxylation sites is 1. The number of carbonyl (C=O) groups is 1. The van der Waals surface area contributed by atoms with E-state index in [9.17, 15) is 13.2 Å². The molecule has 0 radical (unpaired) electrons. The number of aromatic nitrogens is 1. The standard InChI is InChI=1S/C22H26N4O6S/c1-4-20(27)24-11-7-10-23-14-15-12-17(31-3)21-18(13-15)32-25-22(21)26-33(28,29)19-9-6-5-8-16(19)30-2/h4-6,8-9,12-13,23H,1,7,10-11,14H2,2-3H3,(H,24,27)(H,25,26). The molecule has 0 aliphatic heterocycles. The van der Waals surface area contributed by atoms with Gasteiger partial charge >= 0.3 is 0 Å². The number of hydrogen-bond acceptors (Lipinski definition) is 8. The Labute approximate surface area is 192 Å². The van der Waals surface area contributed by atoms with Crippen LogP contribution in [0.5, 0.6) is 11.5 Å². The number of hydrogen-bond donors (Lipinski definition) is 3. The second-order valence-corrected chi connectivity index (χ2v) is 8.64. The molecule has 0 spiro atoms. The fraction of sp³-hybridized carbons (Fsp3) is 0.273. The summed E-state index contributed by atoms with van der Waals surface area (Å²) in [4.78, 5) is 11.1. The topological polar surface area (TPSA) is 132 Å². The number of methoxy groups -OCH3 is 2. The summed E-state index contributed by atoms with van der Waals surface area (Å²) < 4.78 is 44.3. The molecule has 10 nitrogen and oxygen atoms in total. The molecule has 33 heavy (non-hydrogen) atoms. The quantitative estimate of drug-likeness (QED) is 0.269. The summed E-state index contributed by atoms with van der Waals surface area (Å²) in [6, 6.07) is 9.83. The Balaban J connectivity index is 1.74. The predicted molar refractivity (Wildman–Crippen MR) is 124 cm³/mol. The molecule has 176 valence electrons. The lowest BCUT2D eigenvalue weighted by atomic mass is 10.1. The van der Waals surface area contributed by atoms with Crippen LogP contribution in [-0.4, -0.2) is 46.8 Å². The molecular weight excluding hydrogens is 448 g/mol. The van der Waals surface area contributed by atoms with Gasteiger partial charge in [0, 0.05) is 13.1 Å². The van der Waals surface area contributed by atoms with Crippen LogP contribution in [0.4, 0.5) is 5.82 Å². The van der Waals surface area contributed by atoms with Crippen LogP contribution in [0.3, 0.4) is 0 Å². The smallest absolute Gasteiger partial charge is 0.266 e. The van der Waals surface area contributed by atoms with Crippen molar-refractivity contribution >= 4 is 32.7 Å². The van der Waals surface area contributed by atoms with Gasteiger partial charge in [0.05, 0.1) is 14.2 Å². The lowest BCUT2D eigenvalue weighted by Gasteiger charge is -2.11. The van der Waals surface area contributed by atoms with Gasteiger partial charge in [0.1, 0.15) is 21.8 Å². The molecule has 0 atom stereocenters. The summed E-state index contributed by atoms with van der Waals surface area (Å²) in [7, 11) is -1.10. The van der Waals surface area contributed by atoms with Gasteiger partial charge in [0.25, 0.3) is 10.0 Å². The number of amides is 1. The van der Waals surface area contributed by atoms with Crippen LogP contribution in [0.1, 0.15) is 12.0 Å². The highest BCUT2D eigenvalue weighted by atomic mass is 32.2. The molecule has 0 fully saturated rings. The summed E-state index contributed by atoms with van der Waals surface area (Å²) in [5.41, 5.74) is 1.24. The molecular formula is C22H26N4O6S. The number of carbonyl (C=O) groups excluding carboxylic acids is 1. The highest BCUT2D eigenvalue weighted by molar-refractivity contribution is 7.92. The van der Waals surface area contributed by atoms with Gasteiger partial charge in [-0.2, -0.15) is 0 Å². The predicted octanol–water partition coefficient (Wildman–Crippen LogP) is 2.43. The van der Waals surface area contributed by atoms with Crippen LogP contribution >= 0.6 is 0 Å². The first-order valence-electron chi connectivity index (χ1n) is 10.1. The Bertz CT molecular complexity index is 1240. The van der Waals surface area contributed by atoms with Gasteiger partial charge in [0.2, 0.25) is 5.91 Å². The molecule has 3 rings (SSSR count). The molecule has 0 saturated carbocycles. The zero-order chi connectivity index (χ0) is 23.8. The van der Waals surface area contributed by atoms with Crippen molar-refractivity contribution in [2.24, 2.45) is 0 Å². The van der Waals surface area contributed by atoms with Gasteiger partial charge in [-0.1, -0.05) is 23.9 Å². The van der Waals surface area contributed by atoms with E-state index in [1.807, 2.05) is 0 Å². The molecule has 1 heterocycles. The molecule has 0 aliphatic carbocycles. The van der Waals surface area contributed by atoms with Crippen LogP contribution in [0.15, 0.2) is 58.5 Å². The summed E-state index contributed by atoms with van der Waals surface area (Å²) >= 11 is 0. The second-order valence-electron chi connectivity index (χ2n) is 6.98. The van der Waals surface area contributed by atoms with E-state index in [4.69, 9.17) is 14.0 Å². The first kappa shape index (κ1) is 24.1. The zero-order valence-corrected chi connectivity index (χ0v) is 19.2. The molecule has 0 aliphatic rings. The SMILES string of the molecule is C=CC(=O)NCCCNCc1cc(OC)c2c(NS(=O)(=O)c3ccccc3OC)noc2c1. The van der Waals surface area contributed by atoms with E-state index in [1.54, 1.807) is 30.3 Å². The molecule has 0 unspecified atom stereocenters. The first-order chi connectivity index (χ1) is 15.9. The molecule has 1 amide bonds. The number of ether oxygens (including phenoxy) is 2. The van der Waals surface area contributed by atoms with E-state index >= 15 is 0 Å². The van der Waals surface area contributed by atoms with Crippen molar-refractivity contribution in [2.75, 3.05) is 32.0 Å². The number of nitrogens with one attached hydrogen (secondary N) is 3. The third-order valence-corrected chi connectivity index (χ3v) is 6.13. The Morgan fingerprint density at radius 3 is 2.64 bits per heavy atom. The second kappa shape index (κ2) is 10.8. The van der Waals surface area contributed by atoms with Crippen molar-refractivity contribution in [3.05, 3.63) is 54.6 Å². The third kappa shape index (κ3) is 5.82. The average Bonchev–Trinajstić information content (AvgIpc) is 3.22. The lowest BCUT2D eigenvalue weighted by molar-refractivity contribution is -0.116. The Morgan fingerprint density at radius 2 is 1.91 bits per heavy atom. The molecule has 3 aromatic rings. The van der Waals surface area contributed by atoms with Gasteiger partial charge in [0.15, 0.2) is 11.4 Å². The van der Waals surface area contributed by atoms with Gasteiger partial charge in [-0.25, -0.2) is 8.42 Å². The molecule has 0 bridgehead atoms. The molecule has 11 heteroatoms. The third-order valence-electron chi connectivity index (χ3n) is 4.75. The normalized spacial score (nSPS) is 11.2. The van der Waals surface area contributed by atoms with Gasteiger partial charge in [-0.3, -0.25) is 9.52 Å². The number of nitrogens with zero attached hydrogens (tertiary/aromatic N) is 1. The maximum absolute atomic E-state index is 12.9. The molecule has 3 N–H and O–H groups in total. The highest BCUT2D eigenvalue weighted by Crippen LogP contribution is 2.35. The monoisotopic (exact) mass is 474 g/mol. The summed E-state index contributed by atoms with van der Waals surface area (Å²) in [5.74, 6) is 0.446. The van der Waals surface area contributed by atoms with Crippen LogP contribution in [0.2, 0.25) is 0 Å². The van der Waals surface area contributed by atoms with Gasteiger partial charge in [-0.15, -0.1) is 0 Å². The van der Waals surface area contributed by atoms with E-state index in [2.05, 4.69) is 27.1 Å². The minimum atomic E-state index is -3.99. The van der Waals surface area contributed by atoms with Crippen LogP contribution < -0.4 is 24.8 Å². The van der Waals surface area contributed by atoms with Gasteiger partial charge in [-0.05, 0) is 48.9 Å². The number of sulfonamides is 1. The highest BCUT2D eigenvalue weighted by Gasteiger charge is 2.24. The van der Waals surface area contributed by atoms with Crippen molar-refractivity contribution < 1.29 is 27.2 Å². The van der Waals surface area contributed by atoms with Crippen molar-refractivity contribution in [1.82, 2.24) is 15.8 Å². The van der Waals surface area contributed by atoms with Crippen molar-refractivity contribution in [3.8, 4) is 11.5 Å². The fourth-order valence-corrected chi connectivity index (χ4v) is 4.35. The Hall–Kier alpha value is -3.57. The van der Waals surface area contributed by atoms with Crippen molar-refractivity contribution in [2.45, 2.75) is 17.9 Å². The number of fused-ring (bicyclic) bond motifs is 1. The largest absolute Gasteiger partial charge is 0.496 e. The van der Waals surface area contributed by atoms with Crippen LogP contribution in [0.25, 0.3) is 11.0 Å². The van der Waals surface area contributed by atoms with Crippen LogP contribution in [-0.2, 0) is 21.4 Å². The number of anilines is 1. The Kier molecular flexibility index (Phi) is 7.91. The van der Waals surface area contributed by atoms with Crippen LogP contribution in [0, 0.1) is 0 Å². The number of rotatable bonds is 12.